The molecule has 29 heavy (non-hydrogen) atoms. The van der Waals surface area contributed by atoms with E-state index in [1.807, 2.05) is 42.5 Å². The van der Waals surface area contributed by atoms with Gasteiger partial charge in [-0.1, -0.05) is 18.2 Å². The molecule has 0 unspecified atom stereocenters. The second kappa shape index (κ2) is 6.83. The Kier molecular flexibility index (Phi) is 4.02. The summed E-state index contributed by atoms with van der Waals surface area (Å²) in [4.78, 5) is 26.3. The molecule has 0 N–H and O–H groups in total. The Balaban J connectivity index is 1.84. The van der Waals surface area contributed by atoms with E-state index in [2.05, 4.69) is 20.1 Å². The number of para-hydroxylation sites is 1. The molecule has 0 saturated heterocycles. The van der Waals surface area contributed by atoms with Crippen LogP contribution in [0.1, 0.15) is 5.56 Å². The van der Waals surface area contributed by atoms with E-state index in [9.17, 15) is 4.79 Å². The third-order valence-corrected chi connectivity index (χ3v) is 4.78. The second-order valence-electron chi connectivity index (χ2n) is 6.50. The summed E-state index contributed by atoms with van der Waals surface area (Å²) in [5.74, 6) is 1.06. The number of fused-ring (bicyclic) bond motifs is 2. The molecule has 0 amide bonds. The predicted octanol–water partition coefficient (Wildman–Crippen LogP) is 2.56. The van der Waals surface area contributed by atoms with Crippen LogP contribution in [0.5, 0.6) is 5.75 Å². The van der Waals surface area contributed by atoms with Crippen molar-refractivity contribution >= 4 is 16.7 Å². The molecule has 0 spiro atoms. The summed E-state index contributed by atoms with van der Waals surface area (Å²) in [6.07, 6.45) is 6.62. The minimum absolute atomic E-state index is 0.169. The summed E-state index contributed by atoms with van der Waals surface area (Å²) >= 11 is 0. The lowest BCUT2D eigenvalue weighted by atomic mass is 10.1. The predicted molar refractivity (Wildman–Crippen MR) is 108 cm³/mol. The lowest BCUT2D eigenvalue weighted by molar-refractivity contribution is 0.416. The highest BCUT2D eigenvalue weighted by molar-refractivity contribution is 5.94. The van der Waals surface area contributed by atoms with Gasteiger partial charge < -0.3 is 9.30 Å². The molecule has 5 rings (SSSR count). The van der Waals surface area contributed by atoms with Crippen LogP contribution in [-0.4, -0.2) is 36.2 Å². The van der Waals surface area contributed by atoms with E-state index in [4.69, 9.17) is 4.74 Å². The molecule has 0 atom stereocenters. The van der Waals surface area contributed by atoms with Crippen molar-refractivity contribution in [2.45, 2.75) is 6.54 Å². The van der Waals surface area contributed by atoms with Crippen LogP contribution in [0.25, 0.3) is 27.9 Å². The maximum Gasteiger partial charge on any atom is 0.262 e. The monoisotopic (exact) mass is 384 g/mol. The zero-order chi connectivity index (χ0) is 19.8. The van der Waals surface area contributed by atoms with Crippen molar-refractivity contribution in [3.05, 3.63) is 83.3 Å². The van der Waals surface area contributed by atoms with E-state index in [1.165, 1.54) is 6.33 Å². The molecule has 4 aromatic heterocycles. The van der Waals surface area contributed by atoms with Gasteiger partial charge in [-0.2, -0.15) is 14.6 Å². The van der Waals surface area contributed by atoms with Crippen molar-refractivity contribution in [3.8, 4) is 17.0 Å². The third kappa shape index (κ3) is 2.82. The third-order valence-electron chi connectivity index (χ3n) is 4.78. The average Bonchev–Trinajstić information content (AvgIpc) is 3.23. The van der Waals surface area contributed by atoms with Gasteiger partial charge in [0.2, 0.25) is 0 Å². The fourth-order valence-electron chi connectivity index (χ4n) is 3.47. The molecule has 0 aliphatic heterocycles. The first-order valence-corrected chi connectivity index (χ1v) is 9.01. The van der Waals surface area contributed by atoms with Crippen LogP contribution in [0.3, 0.4) is 0 Å². The summed E-state index contributed by atoms with van der Waals surface area (Å²) in [5, 5.41) is 4.76. The Morgan fingerprint density at radius 3 is 2.83 bits per heavy atom. The van der Waals surface area contributed by atoms with Gasteiger partial charge in [-0.3, -0.25) is 9.78 Å². The molecule has 4 heterocycles. The van der Waals surface area contributed by atoms with Crippen molar-refractivity contribution in [2.75, 3.05) is 7.11 Å². The SMILES string of the molecule is COc1ccccc1-c1c2c(=O)n(Cc3cccnc3)ccc2nc2ncnn12. The van der Waals surface area contributed by atoms with Gasteiger partial charge in [0.05, 0.1) is 30.3 Å². The Morgan fingerprint density at radius 1 is 1.10 bits per heavy atom. The van der Waals surface area contributed by atoms with Gasteiger partial charge in [0.15, 0.2) is 0 Å². The quantitative estimate of drug-likeness (QED) is 0.473. The molecule has 1 aromatic carbocycles. The number of pyridine rings is 2. The van der Waals surface area contributed by atoms with E-state index >= 15 is 0 Å². The fraction of sp³-hybridized carbons (Fsp3) is 0.0952. The normalized spacial score (nSPS) is 11.2. The van der Waals surface area contributed by atoms with Crippen molar-refractivity contribution in [3.63, 3.8) is 0 Å². The zero-order valence-corrected chi connectivity index (χ0v) is 15.6. The first-order chi connectivity index (χ1) is 14.3. The largest absolute Gasteiger partial charge is 0.496 e. The Morgan fingerprint density at radius 2 is 2.00 bits per heavy atom. The number of aromatic nitrogens is 6. The molecule has 0 saturated carbocycles. The van der Waals surface area contributed by atoms with Crippen LogP contribution in [-0.2, 0) is 6.54 Å². The average molecular weight is 384 g/mol. The number of hydrogen-bond acceptors (Lipinski definition) is 6. The molecule has 0 fully saturated rings. The molecule has 8 nitrogen and oxygen atoms in total. The highest BCUT2D eigenvalue weighted by Gasteiger charge is 2.19. The number of ether oxygens (including phenoxy) is 1. The van der Waals surface area contributed by atoms with Crippen molar-refractivity contribution in [2.24, 2.45) is 0 Å². The molecular formula is C21H16N6O2. The van der Waals surface area contributed by atoms with Crippen LogP contribution in [0.4, 0.5) is 0 Å². The first-order valence-electron chi connectivity index (χ1n) is 9.01. The van der Waals surface area contributed by atoms with Crippen LogP contribution in [0.2, 0.25) is 0 Å². The summed E-state index contributed by atoms with van der Waals surface area (Å²) in [7, 11) is 1.60. The van der Waals surface area contributed by atoms with E-state index in [0.717, 1.165) is 11.1 Å². The van der Waals surface area contributed by atoms with Gasteiger partial charge in [0.25, 0.3) is 11.3 Å². The summed E-state index contributed by atoms with van der Waals surface area (Å²) < 4.78 is 8.76. The Hall–Kier alpha value is -4.07. The number of benzene rings is 1. The minimum Gasteiger partial charge on any atom is -0.496 e. The van der Waals surface area contributed by atoms with Gasteiger partial charge in [-0.05, 0) is 29.8 Å². The van der Waals surface area contributed by atoms with E-state index < -0.39 is 0 Å². The van der Waals surface area contributed by atoms with Gasteiger partial charge in [0, 0.05) is 24.2 Å². The standard InChI is InChI=1S/C21H16N6O2/c1-29-17-7-3-2-6-15(17)19-18-16(25-21-23-13-24-27(19)21)8-10-26(20(18)28)12-14-5-4-9-22-11-14/h2-11,13H,12H2,1H3. The van der Waals surface area contributed by atoms with E-state index in [-0.39, 0.29) is 5.56 Å². The highest BCUT2D eigenvalue weighted by Crippen LogP contribution is 2.33. The van der Waals surface area contributed by atoms with Gasteiger partial charge in [0.1, 0.15) is 12.1 Å². The maximum atomic E-state index is 13.5. The van der Waals surface area contributed by atoms with Gasteiger partial charge in [-0.25, -0.2) is 4.98 Å². The molecule has 8 heteroatoms. The van der Waals surface area contributed by atoms with Gasteiger partial charge in [-0.15, -0.1) is 0 Å². The number of nitrogens with zero attached hydrogens (tertiary/aromatic N) is 6. The maximum absolute atomic E-state index is 13.5. The molecule has 0 aliphatic rings. The van der Waals surface area contributed by atoms with Crippen LogP contribution in [0, 0.1) is 0 Å². The lowest BCUT2D eigenvalue weighted by Crippen LogP contribution is -2.22. The van der Waals surface area contributed by atoms with E-state index in [1.54, 1.807) is 34.8 Å². The molecule has 0 radical (unpaired) electrons. The Bertz CT molecular complexity index is 1390. The topological polar surface area (TPSA) is 87.2 Å². The summed E-state index contributed by atoms with van der Waals surface area (Å²) in [5.41, 5.74) is 2.67. The number of hydrogen-bond donors (Lipinski definition) is 0. The van der Waals surface area contributed by atoms with Crippen molar-refractivity contribution in [1.82, 2.24) is 29.1 Å². The fourth-order valence-corrected chi connectivity index (χ4v) is 3.47. The molecule has 5 aromatic rings. The van der Waals surface area contributed by atoms with Crippen molar-refractivity contribution in [1.29, 1.82) is 0 Å². The molecule has 0 bridgehead atoms. The smallest absolute Gasteiger partial charge is 0.262 e. The lowest BCUT2D eigenvalue weighted by Gasteiger charge is -2.13. The number of rotatable bonds is 4. The first kappa shape index (κ1) is 17.1. The van der Waals surface area contributed by atoms with Crippen LogP contribution in [0.15, 0.2) is 72.2 Å². The molecular weight excluding hydrogens is 368 g/mol. The summed E-state index contributed by atoms with van der Waals surface area (Å²) in [6.45, 7) is 0.406. The van der Waals surface area contributed by atoms with Crippen LogP contribution < -0.4 is 10.3 Å². The van der Waals surface area contributed by atoms with Crippen molar-refractivity contribution < 1.29 is 4.74 Å². The Labute approximate surface area is 165 Å². The highest BCUT2D eigenvalue weighted by atomic mass is 16.5. The minimum atomic E-state index is -0.169. The zero-order valence-electron chi connectivity index (χ0n) is 15.6. The summed E-state index contributed by atoms with van der Waals surface area (Å²) in [6, 6.07) is 13.1. The molecule has 0 aliphatic carbocycles. The number of methoxy groups -OCH3 is 1. The molecule has 142 valence electrons. The van der Waals surface area contributed by atoms with Crippen LogP contribution >= 0.6 is 0 Å². The second-order valence-corrected chi connectivity index (χ2v) is 6.50. The van der Waals surface area contributed by atoms with Gasteiger partial charge >= 0.3 is 0 Å². The van der Waals surface area contributed by atoms with E-state index in [0.29, 0.717) is 34.7 Å².